The average Bonchev–Trinajstić information content (AvgIpc) is 2.72. The van der Waals surface area contributed by atoms with Gasteiger partial charge in [0.1, 0.15) is 11.9 Å². The molecule has 154 valence electrons. The van der Waals surface area contributed by atoms with Gasteiger partial charge in [0.25, 0.3) is 15.9 Å². The van der Waals surface area contributed by atoms with Gasteiger partial charge in [-0.3, -0.25) is 4.79 Å². The summed E-state index contributed by atoms with van der Waals surface area (Å²) in [5.41, 5.74) is 2.10. The summed E-state index contributed by atoms with van der Waals surface area (Å²) in [4.78, 5) is 15.6. The van der Waals surface area contributed by atoms with Crippen LogP contribution in [-0.2, 0) is 10.0 Å². The number of hydrazine groups is 1. The van der Waals surface area contributed by atoms with Crippen LogP contribution in [0.15, 0.2) is 76.1 Å². The van der Waals surface area contributed by atoms with Crippen molar-refractivity contribution in [2.24, 2.45) is 0 Å². The first-order valence-corrected chi connectivity index (χ1v) is 11.3. The van der Waals surface area contributed by atoms with Gasteiger partial charge in [-0.05, 0) is 49.4 Å². The van der Waals surface area contributed by atoms with Crippen LogP contribution >= 0.6 is 15.9 Å². The number of aryl methyl sites for hydroxylation is 1. The van der Waals surface area contributed by atoms with E-state index in [-0.39, 0.29) is 10.6 Å². The summed E-state index contributed by atoms with van der Waals surface area (Å²) < 4.78 is 26.7. The lowest BCUT2D eigenvalue weighted by molar-refractivity contribution is 0.0630. The summed E-state index contributed by atoms with van der Waals surface area (Å²) >= 11 is 3.35. The van der Waals surface area contributed by atoms with Gasteiger partial charge in [-0.25, -0.2) is 13.4 Å². The Hall–Kier alpha value is -2.88. The molecule has 3 aromatic rings. The van der Waals surface area contributed by atoms with Crippen molar-refractivity contribution in [3.05, 3.63) is 87.9 Å². The number of hydrogen-bond donors (Lipinski definition) is 3. The van der Waals surface area contributed by atoms with Crippen LogP contribution in [0.4, 0.5) is 5.69 Å². The molecule has 7 nitrogen and oxygen atoms in total. The van der Waals surface area contributed by atoms with Gasteiger partial charge in [0, 0.05) is 15.7 Å². The van der Waals surface area contributed by atoms with Crippen LogP contribution in [0.2, 0.25) is 0 Å². The predicted molar refractivity (Wildman–Crippen MR) is 116 cm³/mol. The van der Waals surface area contributed by atoms with Crippen LogP contribution in [-0.4, -0.2) is 24.4 Å². The first-order chi connectivity index (χ1) is 14.3. The van der Waals surface area contributed by atoms with E-state index in [1.807, 2.05) is 6.92 Å². The molecule has 9 heteroatoms. The second-order valence-corrected chi connectivity index (χ2v) is 9.46. The number of para-hydroxylation sites is 1. The summed E-state index contributed by atoms with van der Waals surface area (Å²) in [5, 5.41) is 14.5. The highest BCUT2D eigenvalue weighted by Gasteiger charge is 2.37. The lowest BCUT2D eigenvalue weighted by Crippen LogP contribution is -2.52. The Kier molecular flexibility index (Phi) is 5.27. The summed E-state index contributed by atoms with van der Waals surface area (Å²) in [6.45, 7) is 1.85. The van der Waals surface area contributed by atoms with Crippen molar-refractivity contribution < 1.29 is 18.3 Å². The van der Waals surface area contributed by atoms with Crippen molar-refractivity contribution in [1.82, 2.24) is 9.84 Å². The second-order valence-electron chi connectivity index (χ2n) is 6.88. The minimum atomic E-state index is -4.05. The van der Waals surface area contributed by atoms with Gasteiger partial charge in [0.05, 0.1) is 10.5 Å². The third-order valence-corrected chi connectivity index (χ3v) is 6.58. The van der Waals surface area contributed by atoms with Gasteiger partial charge >= 0.3 is 0 Å². The van der Waals surface area contributed by atoms with E-state index in [0.29, 0.717) is 21.3 Å². The largest absolute Gasteiger partial charge is 0.508 e. The highest BCUT2D eigenvalue weighted by Crippen LogP contribution is 2.37. The van der Waals surface area contributed by atoms with Crippen LogP contribution in [0.3, 0.4) is 0 Å². The van der Waals surface area contributed by atoms with Gasteiger partial charge in [0.2, 0.25) is 0 Å². The number of phenols is 1. The number of benzene rings is 3. The van der Waals surface area contributed by atoms with Crippen molar-refractivity contribution >= 4 is 37.5 Å². The number of hydrogen-bond acceptors (Lipinski definition) is 5. The van der Waals surface area contributed by atoms with Crippen molar-refractivity contribution in [3.63, 3.8) is 0 Å². The molecular formula is C21H18BrN3O4S. The number of halogens is 1. The normalized spacial score (nSPS) is 16.1. The van der Waals surface area contributed by atoms with Crippen molar-refractivity contribution in [2.45, 2.75) is 18.0 Å². The molecule has 1 aliphatic rings. The average molecular weight is 488 g/mol. The summed E-state index contributed by atoms with van der Waals surface area (Å²) in [6, 6.07) is 17.8. The molecule has 0 radical (unpaired) electrons. The quantitative estimate of drug-likeness (QED) is 0.517. The van der Waals surface area contributed by atoms with E-state index in [9.17, 15) is 18.3 Å². The van der Waals surface area contributed by atoms with Crippen LogP contribution < -0.4 is 10.1 Å². The highest BCUT2D eigenvalue weighted by molar-refractivity contribution is 9.10. The van der Waals surface area contributed by atoms with Crippen LogP contribution in [0.5, 0.6) is 5.75 Å². The molecule has 3 aromatic carbocycles. The first kappa shape index (κ1) is 20.4. The lowest BCUT2D eigenvalue weighted by Gasteiger charge is -2.37. The molecule has 30 heavy (non-hydrogen) atoms. The van der Waals surface area contributed by atoms with Gasteiger partial charge in [-0.2, -0.15) is 0 Å². The summed E-state index contributed by atoms with van der Waals surface area (Å²) in [7, 11) is -4.05. The van der Waals surface area contributed by atoms with E-state index >= 15 is 0 Å². The zero-order chi connectivity index (χ0) is 21.5. The van der Waals surface area contributed by atoms with Gasteiger partial charge in [0.15, 0.2) is 0 Å². The number of aromatic hydroxyl groups is 1. The number of phenolic OH excluding ortho intramolecular Hbond substituents is 1. The molecule has 0 bridgehead atoms. The molecule has 4 rings (SSSR count). The fourth-order valence-electron chi connectivity index (χ4n) is 3.21. The number of nitrogens with zero attached hydrogens (tertiary/aromatic N) is 1. The molecule has 0 aromatic heterocycles. The number of fused-ring (bicyclic) bond motifs is 1. The Morgan fingerprint density at radius 2 is 1.77 bits per heavy atom. The smallest absolute Gasteiger partial charge is 0.273 e. The molecule has 1 heterocycles. The second kappa shape index (κ2) is 7.75. The maximum Gasteiger partial charge on any atom is 0.273 e. The van der Waals surface area contributed by atoms with E-state index in [2.05, 4.69) is 26.1 Å². The molecule has 0 spiro atoms. The van der Waals surface area contributed by atoms with Gasteiger partial charge in [-0.15, -0.1) is 4.83 Å². The maximum atomic E-state index is 13.2. The Balaban J connectivity index is 1.80. The molecule has 0 fully saturated rings. The molecule has 0 saturated carbocycles. The third kappa shape index (κ3) is 3.79. The fourth-order valence-corrected chi connectivity index (χ4v) is 4.64. The molecule has 1 atom stereocenters. The fraction of sp³-hybridized carbons (Fsp3) is 0.0952. The number of amides is 1. The summed E-state index contributed by atoms with van der Waals surface area (Å²) in [6.07, 6.45) is -0.967. The van der Waals surface area contributed by atoms with E-state index in [1.165, 1.54) is 18.2 Å². The zero-order valence-corrected chi connectivity index (χ0v) is 18.2. The number of rotatable bonds is 4. The van der Waals surface area contributed by atoms with Crippen LogP contribution in [0.25, 0.3) is 0 Å². The number of anilines is 1. The number of carbonyl (C=O) groups is 1. The monoisotopic (exact) mass is 487 g/mol. The molecule has 1 aliphatic heterocycles. The minimum Gasteiger partial charge on any atom is -0.508 e. The number of nitrogens with one attached hydrogen (secondary N) is 2. The first-order valence-electron chi connectivity index (χ1n) is 9.03. The van der Waals surface area contributed by atoms with Crippen molar-refractivity contribution in [1.29, 1.82) is 0 Å². The van der Waals surface area contributed by atoms with Crippen LogP contribution in [0.1, 0.15) is 27.7 Å². The van der Waals surface area contributed by atoms with Crippen molar-refractivity contribution in [2.75, 3.05) is 5.32 Å². The van der Waals surface area contributed by atoms with E-state index < -0.39 is 22.1 Å². The van der Waals surface area contributed by atoms with Crippen LogP contribution in [0, 0.1) is 6.92 Å². The molecule has 1 unspecified atom stereocenters. The lowest BCUT2D eigenvalue weighted by atomic mass is 10.0. The Bertz CT molecular complexity index is 1230. The Morgan fingerprint density at radius 3 is 2.50 bits per heavy atom. The highest BCUT2D eigenvalue weighted by atomic mass is 79.9. The van der Waals surface area contributed by atoms with Crippen molar-refractivity contribution in [3.8, 4) is 5.75 Å². The van der Waals surface area contributed by atoms with Gasteiger partial charge < -0.3 is 10.4 Å². The standard InChI is InChI=1S/C21H18BrN3O4S/c1-13-6-9-15(10-7-13)30(28,29)24-25-20(17-12-14(22)8-11-19(17)26)23-18-5-3-2-4-16(18)21(25)27/h2-12,20,23-24,26H,1H3. The Labute approximate surface area is 182 Å². The third-order valence-electron chi connectivity index (χ3n) is 4.76. The molecule has 0 aliphatic carbocycles. The minimum absolute atomic E-state index is 0.0250. The molecular weight excluding hydrogens is 470 g/mol. The number of sulfonamides is 1. The van der Waals surface area contributed by atoms with E-state index in [1.54, 1.807) is 48.5 Å². The Morgan fingerprint density at radius 1 is 1.07 bits per heavy atom. The van der Waals surface area contributed by atoms with Gasteiger partial charge in [-0.1, -0.05) is 45.8 Å². The molecule has 3 N–H and O–H groups in total. The molecule has 0 saturated heterocycles. The SMILES string of the molecule is Cc1ccc(S(=O)(=O)NN2C(=O)c3ccccc3NC2c2cc(Br)ccc2O)cc1. The molecule has 1 amide bonds. The van der Waals surface area contributed by atoms with E-state index in [4.69, 9.17) is 0 Å². The summed E-state index contributed by atoms with van der Waals surface area (Å²) in [5.74, 6) is -0.619. The number of carbonyl (C=O) groups excluding carboxylic acids is 1. The topological polar surface area (TPSA) is 98.7 Å². The predicted octanol–water partition coefficient (Wildman–Crippen LogP) is 3.92. The maximum absolute atomic E-state index is 13.2. The van der Waals surface area contributed by atoms with E-state index in [0.717, 1.165) is 10.6 Å². The zero-order valence-electron chi connectivity index (χ0n) is 15.8.